The number of halogens is 2. The van der Waals surface area contributed by atoms with Crippen LogP contribution in [0.25, 0.3) is 55.2 Å². The van der Waals surface area contributed by atoms with Gasteiger partial charge in [-0.1, -0.05) is 0 Å². The number of imidazole rings is 1. The Labute approximate surface area is 196 Å². The Morgan fingerprint density at radius 1 is 1.00 bits per heavy atom. The van der Waals surface area contributed by atoms with E-state index in [9.17, 15) is 4.39 Å². The topological polar surface area (TPSA) is 86.4 Å². The van der Waals surface area contributed by atoms with Crippen LogP contribution in [0.3, 0.4) is 0 Å². The molecular formula is C24H17F2N7S. The first-order valence-corrected chi connectivity index (χ1v) is 11.2. The third-order valence-corrected chi connectivity index (χ3v) is 6.56. The molecule has 168 valence electrons. The quantitative estimate of drug-likeness (QED) is 0.346. The SMILES string of the molecule is CN(C)c1cncc(-c2cc(F)c3n[nH]c(-c4nc5nccc(-c6ccc(F)s6)c5[nH]4)c3c2)c1. The molecule has 0 spiro atoms. The fourth-order valence-electron chi connectivity index (χ4n) is 3.95. The number of thiophene rings is 1. The van der Waals surface area contributed by atoms with Gasteiger partial charge >= 0.3 is 0 Å². The number of hydrogen-bond acceptors (Lipinski definition) is 6. The van der Waals surface area contributed by atoms with Crippen molar-refractivity contribution in [1.82, 2.24) is 30.1 Å². The van der Waals surface area contributed by atoms with Crippen LogP contribution in [0, 0.1) is 10.9 Å². The number of anilines is 1. The molecule has 0 fully saturated rings. The smallest absolute Gasteiger partial charge is 0.178 e. The molecule has 0 amide bonds. The Balaban J connectivity index is 1.51. The number of hydrogen-bond donors (Lipinski definition) is 2. The largest absolute Gasteiger partial charge is 0.376 e. The lowest BCUT2D eigenvalue weighted by atomic mass is 10.0. The number of aromatic nitrogens is 6. The van der Waals surface area contributed by atoms with Crippen LogP contribution in [0.5, 0.6) is 0 Å². The molecule has 0 aliphatic rings. The second kappa shape index (κ2) is 7.70. The summed E-state index contributed by atoms with van der Waals surface area (Å²) in [6.07, 6.45) is 5.08. The molecule has 5 aromatic heterocycles. The van der Waals surface area contributed by atoms with E-state index in [0.29, 0.717) is 33.6 Å². The van der Waals surface area contributed by atoms with Gasteiger partial charge in [0.15, 0.2) is 22.4 Å². The molecule has 0 unspecified atom stereocenters. The normalized spacial score (nSPS) is 11.5. The fourth-order valence-corrected chi connectivity index (χ4v) is 4.71. The van der Waals surface area contributed by atoms with E-state index in [1.165, 1.54) is 12.1 Å². The molecule has 2 N–H and O–H groups in total. The summed E-state index contributed by atoms with van der Waals surface area (Å²) in [6, 6.07) is 10.2. The van der Waals surface area contributed by atoms with Gasteiger partial charge in [0, 0.05) is 47.9 Å². The summed E-state index contributed by atoms with van der Waals surface area (Å²) < 4.78 is 28.6. The van der Waals surface area contributed by atoms with Crippen LogP contribution in [-0.4, -0.2) is 44.2 Å². The van der Waals surface area contributed by atoms with E-state index in [1.807, 2.05) is 37.2 Å². The van der Waals surface area contributed by atoms with E-state index in [1.54, 1.807) is 24.7 Å². The van der Waals surface area contributed by atoms with E-state index in [-0.39, 0.29) is 10.6 Å². The van der Waals surface area contributed by atoms with Crippen molar-refractivity contribution < 1.29 is 8.78 Å². The zero-order valence-corrected chi connectivity index (χ0v) is 18.9. The number of benzene rings is 1. The zero-order valence-electron chi connectivity index (χ0n) is 18.1. The first-order valence-electron chi connectivity index (χ1n) is 10.4. The monoisotopic (exact) mass is 473 g/mol. The molecule has 0 saturated heterocycles. The van der Waals surface area contributed by atoms with Crippen molar-refractivity contribution in [3.05, 3.63) is 65.9 Å². The van der Waals surface area contributed by atoms with E-state index in [0.717, 1.165) is 33.0 Å². The molecule has 7 nitrogen and oxygen atoms in total. The van der Waals surface area contributed by atoms with Crippen molar-refractivity contribution in [2.45, 2.75) is 0 Å². The van der Waals surface area contributed by atoms with Gasteiger partial charge in [0.25, 0.3) is 0 Å². The van der Waals surface area contributed by atoms with Crippen LogP contribution in [0.4, 0.5) is 14.5 Å². The minimum absolute atomic E-state index is 0.212. The molecule has 0 aliphatic carbocycles. The van der Waals surface area contributed by atoms with Gasteiger partial charge in [-0.25, -0.2) is 14.4 Å². The van der Waals surface area contributed by atoms with Crippen molar-refractivity contribution in [3.63, 3.8) is 0 Å². The summed E-state index contributed by atoms with van der Waals surface area (Å²) in [7, 11) is 3.85. The Kier molecular flexibility index (Phi) is 4.63. The zero-order chi connectivity index (χ0) is 23.4. The standard InChI is InChI=1S/C24H17F2N7S/c1-33(2)14-7-13(10-27-11-14)12-8-16-20(17(25)9-12)31-32-22(16)24-29-21-15(5-6-28-23(21)30-24)18-3-4-19(26)34-18/h3-11H,1-2H3,(H,31,32)(H,28,29,30). The van der Waals surface area contributed by atoms with Gasteiger partial charge < -0.3 is 9.88 Å². The highest BCUT2D eigenvalue weighted by Crippen LogP contribution is 2.35. The molecular weight excluding hydrogens is 456 g/mol. The summed E-state index contributed by atoms with van der Waals surface area (Å²) in [4.78, 5) is 19.2. The van der Waals surface area contributed by atoms with Gasteiger partial charge in [-0.05, 0) is 42.0 Å². The van der Waals surface area contributed by atoms with E-state index in [2.05, 4.69) is 30.1 Å². The molecule has 34 heavy (non-hydrogen) atoms. The highest BCUT2D eigenvalue weighted by Gasteiger charge is 2.19. The Bertz CT molecular complexity index is 1680. The summed E-state index contributed by atoms with van der Waals surface area (Å²) in [5.74, 6) is 0.0143. The minimum Gasteiger partial charge on any atom is -0.376 e. The maximum atomic E-state index is 15.0. The maximum Gasteiger partial charge on any atom is 0.178 e. The summed E-state index contributed by atoms with van der Waals surface area (Å²) in [6.45, 7) is 0. The Hall–Kier alpha value is -4.18. The lowest BCUT2D eigenvalue weighted by molar-refractivity contribution is 0.636. The summed E-state index contributed by atoms with van der Waals surface area (Å²) in [5, 5.41) is 7.40. The number of nitrogens with one attached hydrogen (secondary N) is 2. The number of pyridine rings is 2. The van der Waals surface area contributed by atoms with Gasteiger partial charge in [0.2, 0.25) is 0 Å². The molecule has 0 radical (unpaired) electrons. The van der Waals surface area contributed by atoms with Crippen LogP contribution in [0.15, 0.2) is 55.0 Å². The van der Waals surface area contributed by atoms with Gasteiger partial charge in [0.05, 0.1) is 17.4 Å². The average Bonchev–Trinajstić information content (AvgIpc) is 3.56. The predicted molar refractivity (Wildman–Crippen MR) is 130 cm³/mol. The molecule has 0 bridgehead atoms. The fraction of sp³-hybridized carbons (Fsp3) is 0.0833. The molecule has 5 heterocycles. The lowest BCUT2D eigenvalue weighted by Gasteiger charge is -2.13. The lowest BCUT2D eigenvalue weighted by Crippen LogP contribution is -2.08. The van der Waals surface area contributed by atoms with Crippen LogP contribution >= 0.6 is 11.3 Å². The number of rotatable bonds is 4. The molecule has 6 rings (SSSR count). The van der Waals surface area contributed by atoms with Gasteiger partial charge in [0.1, 0.15) is 11.2 Å². The number of fused-ring (bicyclic) bond motifs is 2. The third-order valence-electron chi connectivity index (χ3n) is 5.65. The van der Waals surface area contributed by atoms with E-state index >= 15 is 4.39 Å². The molecule has 0 aliphatic heterocycles. The molecule has 0 saturated carbocycles. The average molecular weight is 474 g/mol. The van der Waals surface area contributed by atoms with Crippen molar-refractivity contribution in [2.24, 2.45) is 0 Å². The van der Waals surface area contributed by atoms with E-state index < -0.39 is 5.82 Å². The molecule has 10 heteroatoms. The number of H-pyrrole nitrogens is 2. The first kappa shape index (κ1) is 20.4. The Morgan fingerprint density at radius 2 is 1.88 bits per heavy atom. The van der Waals surface area contributed by atoms with Crippen LogP contribution in [-0.2, 0) is 0 Å². The maximum absolute atomic E-state index is 15.0. The van der Waals surface area contributed by atoms with Crippen LogP contribution in [0.2, 0.25) is 0 Å². The van der Waals surface area contributed by atoms with Crippen LogP contribution in [0.1, 0.15) is 0 Å². The van der Waals surface area contributed by atoms with Crippen LogP contribution < -0.4 is 4.90 Å². The van der Waals surface area contributed by atoms with E-state index in [4.69, 9.17) is 0 Å². The highest BCUT2D eigenvalue weighted by atomic mass is 32.1. The van der Waals surface area contributed by atoms with Gasteiger partial charge in [-0.15, -0.1) is 11.3 Å². The van der Waals surface area contributed by atoms with Crippen molar-refractivity contribution >= 4 is 39.1 Å². The second-order valence-electron chi connectivity index (χ2n) is 8.03. The summed E-state index contributed by atoms with van der Waals surface area (Å²) >= 11 is 1.05. The highest BCUT2D eigenvalue weighted by molar-refractivity contribution is 7.14. The molecule has 0 atom stereocenters. The van der Waals surface area contributed by atoms with Gasteiger partial charge in [-0.3, -0.25) is 10.1 Å². The number of nitrogens with zero attached hydrogens (tertiary/aromatic N) is 5. The summed E-state index contributed by atoms with van der Waals surface area (Å²) in [5.41, 5.74) is 5.05. The Morgan fingerprint density at radius 3 is 2.68 bits per heavy atom. The van der Waals surface area contributed by atoms with Crippen molar-refractivity contribution in [1.29, 1.82) is 0 Å². The second-order valence-corrected chi connectivity index (χ2v) is 9.06. The minimum atomic E-state index is -0.450. The first-order chi connectivity index (χ1) is 16.5. The van der Waals surface area contributed by atoms with Gasteiger partial charge in [-0.2, -0.15) is 9.49 Å². The number of aromatic amines is 2. The van der Waals surface area contributed by atoms with Crippen molar-refractivity contribution in [2.75, 3.05) is 19.0 Å². The van der Waals surface area contributed by atoms with Crippen molar-refractivity contribution in [3.8, 4) is 33.1 Å². The molecule has 1 aromatic carbocycles. The predicted octanol–water partition coefficient (Wildman–Crippen LogP) is 5.64. The molecule has 6 aromatic rings. The third kappa shape index (κ3) is 3.30.